The molecule has 32 heavy (non-hydrogen) atoms. The van der Waals surface area contributed by atoms with Crippen LogP contribution in [0.25, 0.3) is 10.8 Å². The molecule has 3 aromatic rings. The standard InChI is InChI=1S/C25H27Cl2N3O2/c26-23-9-8-22(17-24(23)27)32-21-10-14-30(15-11-21)13-3-12-28-25(31)29-20-7-6-18-4-1-2-5-19(18)16-20/h1-2,4-9,16-17,21H,3,10-15H2,(H2,28,29,31). The summed E-state index contributed by atoms with van der Waals surface area (Å²) in [5.41, 5.74) is 0.797. The Morgan fingerprint density at radius 1 is 0.969 bits per heavy atom. The lowest BCUT2D eigenvalue weighted by atomic mass is 10.1. The van der Waals surface area contributed by atoms with Crippen molar-refractivity contribution >= 4 is 45.7 Å². The third-order valence-corrected chi connectivity index (χ3v) is 6.41. The molecule has 0 radical (unpaired) electrons. The maximum Gasteiger partial charge on any atom is 0.319 e. The number of carbonyl (C=O) groups is 1. The monoisotopic (exact) mass is 471 g/mol. The van der Waals surface area contributed by atoms with Gasteiger partial charge >= 0.3 is 6.03 Å². The normalized spacial score (nSPS) is 14.9. The van der Waals surface area contributed by atoms with E-state index in [0.717, 1.165) is 61.1 Å². The number of nitrogens with zero attached hydrogens (tertiary/aromatic N) is 1. The van der Waals surface area contributed by atoms with Gasteiger partial charge in [0.25, 0.3) is 0 Å². The smallest absolute Gasteiger partial charge is 0.319 e. The SMILES string of the molecule is O=C(NCCCN1CCC(Oc2ccc(Cl)c(Cl)c2)CC1)Nc1ccc2ccccc2c1. The molecule has 0 unspecified atom stereocenters. The molecule has 0 aromatic heterocycles. The Kier molecular flexibility index (Phi) is 7.74. The van der Waals surface area contributed by atoms with E-state index in [1.165, 1.54) is 0 Å². The molecule has 4 rings (SSSR count). The predicted octanol–water partition coefficient (Wildman–Crippen LogP) is 6.20. The van der Waals surface area contributed by atoms with Gasteiger partial charge < -0.3 is 20.3 Å². The van der Waals surface area contributed by atoms with Crippen LogP contribution in [0.3, 0.4) is 0 Å². The van der Waals surface area contributed by atoms with Gasteiger partial charge in [0.05, 0.1) is 10.0 Å². The summed E-state index contributed by atoms with van der Waals surface area (Å²) in [6.45, 7) is 3.55. The third kappa shape index (κ3) is 6.28. The van der Waals surface area contributed by atoms with E-state index < -0.39 is 0 Å². The highest BCUT2D eigenvalue weighted by Gasteiger charge is 2.20. The number of hydrogen-bond acceptors (Lipinski definition) is 3. The zero-order chi connectivity index (χ0) is 22.3. The van der Waals surface area contributed by atoms with Crippen LogP contribution in [-0.2, 0) is 0 Å². The second-order valence-corrected chi connectivity index (χ2v) is 8.85. The van der Waals surface area contributed by atoms with Crippen molar-refractivity contribution in [3.63, 3.8) is 0 Å². The Bertz CT molecular complexity index is 1070. The van der Waals surface area contributed by atoms with Crippen LogP contribution in [0.4, 0.5) is 10.5 Å². The molecule has 5 nitrogen and oxygen atoms in total. The van der Waals surface area contributed by atoms with Gasteiger partial charge in [-0.1, -0.05) is 53.5 Å². The lowest BCUT2D eigenvalue weighted by molar-refractivity contribution is 0.100. The van der Waals surface area contributed by atoms with E-state index in [1.807, 2.05) is 42.5 Å². The van der Waals surface area contributed by atoms with Crippen LogP contribution >= 0.6 is 23.2 Å². The van der Waals surface area contributed by atoms with E-state index in [0.29, 0.717) is 16.6 Å². The van der Waals surface area contributed by atoms with Crippen molar-refractivity contribution in [2.24, 2.45) is 0 Å². The quantitative estimate of drug-likeness (QED) is 0.403. The van der Waals surface area contributed by atoms with Gasteiger partial charge in [0, 0.05) is 31.4 Å². The first-order chi connectivity index (χ1) is 15.6. The maximum absolute atomic E-state index is 12.2. The van der Waals surface area contributed by atoms with E-state index in [1.54, 1.807) is 12.1 Å². The number of halogens is 2. The molecule has 7 heteroatoms. The van der Waals surface area contributed by atoms with Crippen LogP contribution in [0, 0.1) is 0 Å². The van der Waals surface area contributed by atoms with Crippen molar-refractivity contribution in [1.29, 1.82) is 0 Å². The molecule has 0 saturated carbocycles. The summed E-state index contributed by atoms with van der Waals surface area (Å²) in [6, 6.07) is 19.2. The number of benzene rings is 3. The Hall–Kier alpha value is -2.47. The van der Waals surface area contributed by atoms with E-state index >= 15 is 0 Å². The molecule has 0 atom stereocenters. The molecule has 1 aliphatic heterocycles. The first kappa shape index (κ1) is 22.7. The molecule has 1 aliphatic rings. The molecule has 1 fully saturated rings. The summed E-state index contributed by atoms with van der Waals surface area (Å²) in [5, 5.41) is 9.17. The number of ether oxygens (including phenoxy) is 1. The van der Waals surface area contributed by atoms with Crippen LogP contribution in [0.15, 0.2) is 60.7 Å². The number of anilines is 1. The summed E-state index contributed by atoms with van der Waals surface area (Å²) in [4.78, 5) is 14.6. The molecule has 0 bridgehead atoms. The summed E-state index contributed by atoms with van der Waals surface area (Å²) in [6.07, 6.45) is 3.03. The average Bonchev–Trinajstić information content (AvgIpc) is 2.80. The summed E-state index contributed by atoms with van der Waals surface area (Å²) in [5.74, 6) is 0.763. The van der Waals surface area contributed by atoms with Crippen LogP contribution in [0.2, 0.25) is 10.0 Å². The highest BCUT2D eigenvalue weighted by molar-refractivity contribution is 6.42. The largest absolute Gasteiger partial charge is 0.490 e. The highest BCUT2D eigenvalue weighted by atomic mass is 35.5. The van der Waals surface area contributed by atoms with Crippen molar-refractivity contribution in [3.05, 3.63) is 70.7 Å². The van der Waals surface area contributed by atoms with Gasteiger partial charge in [0.15, 0.2) is 0 Å². The lowest BCUT2D eigenvalue weighted by Gasteiger charge is -2.32. The number of likely N-dealkylation sites (tertiary alicyclic amines) is 1. The number of nitrogens with one attached hydrogen (secondary N) is 2. The Morgan fingerprint density at radius 2 is 1.75 bits per heavy atom. The topological polar surface area (TPSA) is 53.6 Å². The van der Waals surface area contributed by atoms with Gasteiger partial charge in [0.2, 0.25) is 0 Å². The number of amides is 2. The zero-order valence-corrected chi connectivity index (χ0v) is 19.3. The minimum absolute atomic E-state index is 0.172. The molecule has 1 heterocycles. The van der Waals surface area contributed by atoms with Gasteiger partial charge in [-0.05, 0) is 60.8 Å². The first-order valence-corrected chi connectivity index (χ1v) is 11.7. The number of urea groups is 1. The second-order valence-electron chi connectivity index (χ2n) is 8.03. The third-order valence-electron chi connectivity index (χ3n) is 5.67. The molecule has 0 spiro atoms. The maximum atomic E-state index is 12.2. The molecule has 0 aliphatic carbocycles. The molecular weight excluding hydrogens is 445 g/mol. The molecular formula is C25H27Cl2N3O2. The van der Waals surface area contributed by atoms with Crippen LogP contribution in [0.1, 0.15) is 19.3 Å². The molecule has 2 amide bonds. The number of carbonyl (C=O) groups excluding carboxylic acids is 1. The van der Waals surface area contributed by atoms with Crippen molar-refractivity contribution < 1.29 is 9.53 Å². The van der Waals surface area contributed by atoms with Crippen LogP contribution < -0.4 is 15.4 Å². The zero-order valence-electron chi connectivity index (χ0n) is 17.8. The summed E-state index contributed by atoms with van der Waals surface area (Å²) in [7, 11) is 0. The van der Waals surface area contributed by atoms with Crippen molar-refractivity contribution in [3.8, 4) is 5.75 Å². The second kappa shape index (κ2) is 10.9. The predicted molar refractivity (Wildman–Crippen MR) is 132 cm³/mol. The average molecular weight is 472 g/mol. The van der Waals surface area contributed by atoms with Crippen LogP contribution in [-0.4, -0.2) is 43.2 Å². The fraction of sp³-hybridized carbons (Fsp3) is 0.320. The van der Waals surface area contributed by atoms with Gasteiger partial charge in [0.1, 0.15) is 11.9 Å². The summed E-state index contributed by atoms with van der Waals surface area (Å²) >= 11 is 12.0. The van der Waals surface area contributed by atoms with Crippen molar-refractivity contribution in [2.45, 2.75) is 25.4 Å². The highest BCUT2D eigenvalue weighted by Crippen LogP contribution is 2.28. The lowest BCUT2D eigenvalue weighted by Crippen LogP contribution is -2.39. The van der Waals surface area contributed by atoms with Crippen molar-refractivity contribution in [1.82, 2.24) is 10.2 Å². The first-order valence-electron chi connectivity index (χ1n) is 10.9. The number of hydrogen-bond donors (Lipinski definition) is 2. The molecule has 168 valence electrons. The number of piperidine rings is 1. The van der Waals surface area contributed by atoms with E-state index in [2.05, 4.69) is 21.6 Å². The summed E-state index contributed by atoms with van der Waals surface area (Å²) < 4.78 is 6.04. The Balaban J connectivity index is 1.12. The molecule has 3 aromatic carbocycles. The number of fused-ring (bicyclic) bond motifs is 1. The molecule has 2 N–H and O–H groups in total. The Labute approximate surface area is 198 Å². The minimum atomic E-state index is -0.172. The van der Waals surface area contributed by atoms with E-state index in [4.69, 9.17) is 27.9 Å². The van der Waals surface area contributed by atoms with Crippen LogP contribution in [0.5, 0.6) is 5.75 Å². The molecule has 1 saturated heterocycles. The van der Waals surface area contributed by atoms with Crippen molar-refractivity contribution in [2.75, 3.05) is 31.5 Å². The Morgan fingerprint density at radius 3 is 2.53 bits per heavy atom. The fourth-order valence-electron chi connectivity index (χ4n) is 3.94. The van der Waals surface area contributed by atoms with Gasteiger partial charge in [-0.15, -0.1) is 0 Å². The fourth-order valence-corrected chi connectivity index (χ4v) is 4.23. The van der Waals surface area contributed by atoms with Gasteiger partial charge in [-0.2, -0.15) is 0 Å². The van der Waals surface area contributed by atoms with Gasteiger partial charge in [-0.25, -0.2) is 4.79 Å². The van der Waals surface area contributed by atoms with E-state index in [-0.39, 0.29) is 12.1 Å². The van der Waals surface area contributed by atoms with E-state index in [9.17, 15) is 4.79 Å². The van der Waals surface area contributed by atoms with Gasteiger partial charge in [-0.3, -0.25) is 0 Å². The number of rotatable bonds is 7. The minimum Gasteiger partial charge on any atom is -0.490 e.